The lowest BCUT2D eigenvalue weighted by molar-refractivity contribution is -0.145. The SMILES string of the molecule is CN1CCN(C(=O)[C@@H]2CCN(c3ncnc(N)c3F)C[C@H]2N2CCC[C@H](Nc3cc(CI)cc(C(F)(F)F)c3)C2=O)CC1. The number of anilines is 3. The van der Waals surface area contributed by atoms with E-state index in [1.54, 1.807) is 15.9 Å². The summed E-state index contributed by atoms with van der Waals surface area (Å²) < 4.78 is 56.1. The Morgan fingerprint density at radius 1 is 1.09 bits per heavy atom. The molecule has 1 aromatic carbocycles. The van der Waals surface area contributed by atoms with Crippen LogP contribution in [0, 0.1) is 11.7 Å². The number of aromatic nitrogens is 2. The van der Waals surface area contributed by atoms with E-state index in [0.717, 1.165) is 25.2 Å². The number of halogens is 5. The lowest BCUT2D eigenvalue weighted by atomic mass is 9.86. The predicted octanol–water partition coefficient (Wildman–Crippen LogP) is 3.22. The summed E-state index contributed by atoms with van der Waals surface area (Å²) in [6, 6.07) is 2.38. The lowest BCUT2D eigenvalue weighted by Gasteiger charge is -2.47. The largest absolute Gasteiger partial charge is 0.416 e. The molecule has 0 spiro atoms. The molecule has 3 aliphatic heterocycles. The molecule has 0 unspecified atom stereocenters. The van der Waals surface area contributed by atoms with Gasteiger partial charge in [0.05, 0.1) is 17.5 Å². The van der Waals surface area contributed by atoms with E-state index in [2.05, 4.69) is 20.2 Å². The van der Waals surface area contributed by atoms with Crippen molar-refractivity contribution in [1.82, 2.24) is 24.7 Å². The average Bonchev–Trinajstić information content (AvgIpc) is 2.99. The molecule has 0 bridgehead atoms. The van der Waals surface area contributed by atoms with Crippen LogP contribution in [0.25, 0.3) is 0 Å². The third-order valence-corrected chi connectivity index (χ3v) is 9.38. The van der Waals surface area contributed by atoms with Crippen LogP contribution < -0.4 is 16.0 Å². The first kappa shape index (κ1) is 31.5. The minimum atomic E-state index is -4.52. The Bertz CT molecular complexity index is 1340. The van der Waals surface area contributed by atoms with E-state index < -0.39 is 35.6 Å². The number of likely N-dealkylation sites (tertiary alicyclic amines) is 1. The number of carbonyl (C=O) groups excluding carboxylic acids is 2. The number of nitrogens with one attached hydrogen (secondary N) is 1. The lowest BCUT2D eigenvalue weighted by Crippen LogP contribution is -2.63. The number of likely N-dealkylation sites (N-methyl/N-ethyl adjacent to an activating group) is 1. The van der Waals surface area contributed by atoms with Crippen LogP contribution in [0.1, 0.15) is 30.4 Å². The van der Waals surface area contributed by atoms with Crippen LogP contribution >= 0.6 is 22.6 Å². The van der Waals surface area contributed by atoms with Crippen LogP contribution in [0.15, 0.2) is 24.5 Å². The fourth-order valence-electron chi connectivity index (χ4n) is 6.16. The molecule has 0 saturated carbocycles. The number of amides is 2. The molecule has 10 nitrogen and oxygen atoms in total. The quantitative estimate of drug-likeness (QED) is 0.267. The van der Waals surface area contributed by atoms with E-state index in [1.807, 2.05) is 34.5 Å². The van der Waals surface area contributed by atoms with E-state index in [0.29, 0.717) is 55.4 Å². The fourth-order valence-corrected chi connectivity index (χ4v) is 6.60. The van der Waals surface area contributed by atoms with Crippen molar-refractivity contribution in [3.63, 3.8) is 0 Å². The van der Waals surface area contributed by atoms with Crippen LogP contribution in [-0.2, 0) is 20.2 Å². The van der Waals surface area contributed by atoms with Gasteiger partial charge >= 0.3 is 6.18 Å². The Hall–Kier alpha value is -2.95. The second-order valence-electron chi connectivity index (χ2n) is 11.4. The number of nitrogens with zero attached hydrogens (tertiary/aromatic N) is 6. The molecule has 0 aliphatic carbocycles. The van der Waals surface area contributed by atoms with Crippen molar-refractivity contribution in [3.8, 4) is 0 Å². The Kier molecular flexibility index (Phi) is 9.49. The zero-order valence-electron chi connectivity index (χ0n) is 23.8. The van der Waals surface area contributed by atoms with Crippen LogP contribution in [-0.4, -0.2) is 101 Å². The highest BCUT2D eigenvalue weighted by Gasteiger charge is 2.45. The predicted molar refractivity (Wildman–Crippen MR) is 162 cm³/mol. The van der Waals surface area contributed by atoms with Gasteiger partial charge in [0.15, 0.2) is 11.6 Å². The molecule has 1 aromatic heterocycles. The first-order valence-electron chi connectivity index (χ1n) is 14.3. The number of piperidine rings is 2. The molecule has 15 heteroatoms. The molecule has 3 N–H and O–H groups in total. The summed E-state index contributed by atoms with van der Waals surface area (Å²) in [5.41, 5.74) is 5.63. The van der Waals surface area contributed by atoms with Crippen LogP contribution in [0.3, 0.4) is 0 Å². The maximum absolute atomic E-state index is 15.0. The molecule has 3 atom stereocenters. The van der Waals surface area contributed by atoms with Gasteiger partial charge in [-0.25, -0.2) is 9.97 Å². The topological polar surface area (TPSA) is 111 Å². The van der Waals surface area contributed by atoms with Gasteiger partial charge in [-0.3, -0.25) is 9.59 Å². The monoisotopic (exact) mass is 718 g/mol. The third kappa shape index (κ3) is 6.91. The van der Waals surface area contributed by atoms with E-state index in [1.165, 1.54) is 6.33 Å². The van der Waals surface area contributed by atoms with Crippen molar-refractivity contribution >= 4 is 51.7 Å². The summed E-state index contributed by atoms with van der Waals surface area (Å²) in [7, 11) is 2.00. The van der Waals surface area contributed by atoms with Gasteiger partial charge in [0.1, 0.15) is 12.4 Å². The molecule has 3 fully saturated rings. The number of rotatable bonds is 6. The molecule has 0 radical (unpaired) electrons. The number of piperazine rings is 1. The number of benzene rings is 1. The van der Waals surface area contributed by atoms with Gasteiger partial charge in [-0.1, -0.05) is 22.6 Å². The summed E-state index contributed by atoms with van der Waals surface area (Å²) in [5, 5.41) is 3.05. The second kappa shape index (κ2) is 13.0. The highest BCUT2D eigenvalue weighted by molar-refractivity contribution is 14.1. The van der Waals surface area contributed by atoms with E-state index in [-0.39, 0.29) is 35.7 Å². The molecule has 3 saturated heterocycles. The second-order valence-corrected chi connectivity index (χ2v) is 12.1. The summed E-state index contributed by atoms with van der Waals surface area (Å²) >= 11 is 2.00. The zero-order valence-corrected chi connectivity index (χ0v) is 25.9. The summed E-state index contributed by atoms with van der Waals surface area (Å²) in [5.74, 6) is -1.91. The van der Waals surface area contributed by atoms with Gasteiger partial charge < -0.3 is 30.7 Å². The standard InChI is InChI=1S/C28H35F4IN8O2/c1-38-7-9-39(10-8-38)26(42)20-4-6-40(25-23(29)24(34)35-16-36-25)15-22(20)41-5-2-3-21(27(41)43)37-19-12-17(14-33)11-18(13-19)28(30,31)32/h11-13,16,20-22,37H,2-10,14-15H2,1H3,(H2,34,35,36)/t20-,21+,22-/m1/s1. The van der Waals surface area contributed by atoms with Gasteiger partial charge in [-0.05, 0) is 50.1 Å². The van der Waals surface area contributed by atoms with E-state index in [4.69, 9.17) is 5.73 Å². The van der Waals surface area contributed by atoms with Crippen molar-refractivity contribution in [2.75, 3.05) is 68.8 Å². The number of carbonyl (C=O) groups is 2. The molecule has 2 amide bonds. The van der Waals surface area contributed by atoms with Crippen molar-refractivity contribution in [3.05, 3.63) is 41.5 Å². The number of nitrogen functional groups attached to an aromatic ring is 1. The summed E-state index contributed by atoms with van der Waals surface area (Å²) in [4.78, 5) is 43.0. The Morgan fingerprint density at radius 3 is 2.53 bits per heavy atom. The highest BCUT2D eigenvalue weighted by atomic mass is 127. The smallest absolute Gasteiger partial charge is 0.381 e. The van der Waals surface area contributed by atoms with Crippen LogP contribution in [0.4, 0.5) is 34.9 Å². The minimum absolute atomic E-state index is 0.0115. The normalized spacial score (nSPS) is 23.9. The number of hydrogen-bond acceptors (Lipinski definition) is 8. The molecule has 5 rings (SSSR count). The van der Waals surface area contributed by atoms with E-state index in [9.17, 15) is 27.2 Å². The van der Waals surface area contributed by atoms with Gasteiger partial charge in [-0.2, -0.15) is 17.6 Å². The Balaban J connectivity index is 1.42. The van der Waals surface area contributed by atoms with Gasteiger partial charge in [0, 0.05) is 55.9 Å². The van der Waals surface area contributed by atoms with Gasteiger partial charge in [0.25, 0.3) is 0 Å². The first-order chi connectivity index (χ1) is 20.5. The van der Waals surface area contributed by atoms with Crippen LogP contribution in [0.2, 0.25) is 0 Å². The number of alkyl halides is 4. The highest BCUT2D eigenvalue weighted by Crippen LogP contribution is 2.35. The Morgan fingerprint density at radius 2 is 1.84 bits per heavy atom. The van der Waals surface area contributed by atoms with Crippen molar-refractivity contribution in [1.29, 1.82) is 0 Å². The van der Waals surface area contributed by atoms with E-state index >= 15 is 0 Å². The van der Waals surface area contributed by atoms with Crippen molar-refractivity contribution in [2.24, 2.45) is 5.92 Å². The number of nitrogens with two attached hydrogens (primary N) is 1. The number of hydrogen-bond donors (Lipinski definition) is 2. The maximum atomic E-state index is 15.0. The molecule has 4 heterocycles. The van der Waals surface area contributed by atoms with Gasteiger partial charge in [-0.15, -0.1) is 0 Å². The zero-order chi connectivity index (χ0) is 30.9. The maximum Gasteiger partial charge on any atom is 0.416 e. The minimum Gasteiger partial charge on any atom is -0.381 e. The molecule has 234 valence electrons. The summed E-state index contributed by atoms with van der Waals surface area (Å²) in [6.07, 6.45) is -1.97. The van der Waals surface area contributed by atoms with Gasteiger partial charge in [0.2, 0.25) is 17.6 Å². The van der Waals surface area contributed by atoms with Crippen molar-refractivity contribution < 1.29 is 27.2 Å². The molecular weight excluding hydrogens is 683 g/mol. The molecule has 2 aromatic rings. The molecule has 3 aliphatic rings. The molecule has 43 heavy (non-hydrogen) atoms. The third-order valence-electron chi connectivity index (χ3n) is 8.50. The fraction of sp³-hybridized carbons (Fsp3) is 0.571. The van der Waals surface area contributed by atoms with Crippen molar-refractivity contribution in [2.45, 2.75) is 41.9 Å². The average molecular weight is 719 g/mol. The van der Waals surface area contributed by atoms with Crippen LogP contribution in [0.5, 0.6) is 0 Å². The summed E-state index contributed by atoms with van der Waals surface area (Å²) in [6.45, 7) is 3.49. The Labute approximate surface area is 261 Å². The molecular formula is C28H35F4IN8O2. The first-order valence-corrected chi connectivity index (χ1v) is 15.8.